The molecular formula is C60H72N6O6. The van der Waals surface area contributed by atoms with E-state index in [9.17, 15) is 9.59 Å². The van der Waals surface area contributed by atoms with Gasteiger partial charge in [-0.1, -0.05) is 0 Å². The second kappa shape index (κ2) is 23.8. The molecule has 12 nitrogen and oxygen atoms in total. The average molecular weight is 973 g/mol. The molecule has 2 heterocycles. The van der Waals surface area contributed by atoms with Crippen LogP contribution in [0.1, 0.15) is 93.9 Å². The molecule has 0 spiro atoms. The molecule has 378 valence electrons. The van der Waals surface area contributed by atoms with E-state index in [1.807, 2.05) is 24.3 Å². The van der Waals surface area contributed by atoms with E-state index < -0.39 is 0 Å². The van der Waals surface area contributed by atoms with Crippen LogP contribution in [0, 0.1) is 0 Å². The van der Waals surface area contributed by atoms with Crippen LogP contribution >= 0.6 is 0 Å². The largest absolute Gasteiger partial charge is 0.493 e. The molecular weight excluding hydrogens is 901 g/mol. The van der Waals surface area contributed by atoms with E-state index in [0.717, 1.165) is 158 Å². The molecule has 0 amide bonds. The second-order valence-electron chi connectivity index (χ2n) is 18.2. The molecule has 8 rings (SSSR count). The Balaban J connectivity index is 0.893. The zero-order valence-corrected chi connectivity index (χ0v) is 43.7. The van der Waals surface area contributed by atoms with Gasteiger partial charge < -0.3 is 48.3 Å². The van der Waals surface area contributed by atoms with Crippen molar-refractivity contribution in [3.63, 3.8) is 0 Å². The summed E-state index contributed by atoms with van der Waals surface area (Å²) in [4.78, 5) is 38.7. The third-order valence-electron chi connectivity index (χ3n) is 14.2. The van der Waals surface area contributed by atoms with Crippen molar-refractivity contribution in [3.8, 4) is 23.0 Å². The Hall–Kier alpha value is -7.26. The molecule has 12 heteroatoms. The van der Waals surface area contributed by atoms with Crippen LogP contribution in [-0.2, 0) is 19.1 Å². The zero-order valence-electron chi connectivity index (χ0n) is 43.7. The summed E-state index contributed by atoms with van der Waals surface area (Å²) in [5, 5.41) is 0. The van der Waals surface area contributed by atoms with Gasteiger partial charge in [-0.3, -0.25) is 0 Å². The molecule has 0 saturated heterocycles. The minimum Gasteiger partial charge on any atom is -0.493 e. The quantitative estimate of drug-likeness (QED) is 0.0524. The standard InChI is InChI=1S/C60H72N6O6/c1-9-61(10-2)45-21-27-51-57(37-45)71-58-38-46(62(11-3)12-4)22-28-52(58)65(51)49-25-31-55(43(35-49)41-67)69-33-19-17-18-20-34-70-56-32-26-50(36-44(56)42-68)66-53-29-23-47(63(13-5)14-6)39-59(53)72-60-40-48(24-30-54(60)66)64(15-7)16-8/h21-32,37-40H,9-20,33-36H2,1-8H3. The summed E-state index contributed by atoms with van der Waals surface area (Å²) in [6.07, 6.45) is 12.1. The van der Waals surface area contributed by atoms with Crippen molar-refractivity contribution >= 4 is 57.4 Å². The van der Waals surface area contributed by atoms with Gasteiger partial charge in [-0.25, -0.2) is 9.59 Å². The molecule has 0 N–H and O–H groups in total. The van der Waals surface area contributed by atoms with Gasteiger partial charge in [0.25, 0.3) is 0 Å². The highest BCUT2D eigenvalue weighted by Gasteiger charge is 2.33. The smallest absolute Gasteiger partial charge is 0.153 e. The fraction of sp³-hybridized carbons (Fsp3) is 0.400. The molecule has 0 atom stereocenters. The van der Waals surface area contributed by atoms with Crippen LogP contribution in [0.2, 0.25) is 0 Å². The van der Waals surface area contributed by atoms with Crippen LogP contribution in [0.25, 0.3) is 0 Å². The van der Waals surface area contributed by atoms with Gasteiger partial charge in [-0.05, 0) is 154 Å². The number of fused-ring (bicyclic) bond motifs is 4. The Bertz CT molecular complexity index is 2500. The van der Waals surface area contributed by atoms with E-state index >= 15 is 0 Å². The fourth-order valence-electron chi connectivity index (χ4n) is 10.2. The monoisotopic (exact) mass is 973 g/mol. The maximum absolute atomic E-state index is 12.5. The van der Waals surface area contributed by atoms with Gasteiger partial charge in [-0.2, -0.15) is 0 Å². The Morgan fingerprint density at radius 1 is 0.431 bits per heavy atom. The van der Waals surface area contributed by atoms with Crippen molar-refractivity contribution in [3.05, 3.63) is 131 Å². The number of hydrogen-bond acceptors (Lipinski definition) is 12. The Labute approximate surface area is 427 Å². The maximum atomic E-state index is 12.5. The van der Waals surface area contributed by atoms with Gasteiger partial charge >= 0.3 is 0 Å². The number of nitrogens with zero attached hydrogens (tertiary/aromatic N) is 6. The minimum atomic E-state index is 0.369. The van der Waals surface area contributed by atoms with Crippen LogP contribution in [0.4, 0.5) is 45.5 Å². The SMILES string of the molecule is CCN(CC)c1ccc2c(c1)Oc1cc(N(CC)CC)ccc1N2C1=CC=C(OCCCCCCOC2=CC=C(N3c4ccc(N(CC)CC)cc4Oc4cc(N(CC)CC)ccc43)CC2=C=O)C(=C=O)C1. The van der Waals surface area contributed by atoms with E-state index in [2.05, 4.69) is 169 Å². The summed E-state index contributed by atoms with van der Waals surface area (Å²) in [5.74, 6) is 8.61. The molecule has 0 fully saturated rings. The van der Waals surface area contributed by atoms with Crippen molar-refractivity contribution in [2.24, 2.45) is 0 Å². The minimum absolute atomic E-state index is 0.369. The van der Waals surface area contributed by atoms with Gasteiger partial charge in [0.1, 0.15) is 23.4 Å². The highest BCUT2D eigenvalue weighted by molar-refractivity contribution is 5.87. The number of carbonyl (C=O) groups excluding carboxylic acids is 2. The number of allylic oxidation sites excluding steroid dienone is 8. The van der Waals surface area contributed by atoms with Crippen molar-refractivity contribution in [1.82, 2.24) is 0 Å². The van der Waals surface area contributed by atoms with Crippen LogP contribution in [-0.4, -0.2) is 77.5 Å². The number of unbranched alkanes of at least 4 members (excludes halogenated alkanes) is 3. The Kier molecular flexibility index (Phi) is 16.9. The number of ether oxygens (including phenoxy) is 4. The molecule has 0 saturated carbocycles. The number of hydrogen-bond donors (Lipinski definition) is 0. The van der Waals surface area contributed by atoms with E-state index in [1.165, 1.54) is 0 Å². The highest BCUT2D eigenvalue weighted by Crippen LogP contribution is 2.54. The van der Waals surface area contributed by atoms with Crippen molar-refractivity contribution < 1.29 is 28.5 Å². The third kappa shape index (κ3) is 10.7. The first-order valence-corrected chi connectivity index (χ1v) is 26.3. The highest BCUT2D eigenvalue weighted by atomic mass is 16.5. The summed E-state index contributed by atoms with van der Waals surface area (Å²) in [6, 6.07) is 25.5. The Morgan fingerprint density at radius 2 is 0.722 bits per heavy atom. The van der Waals surface area contributed by atoms with E-state index in [4.69, 9.17) is 18.9 Å². The van der Waals surface area contributed by atoms with Crippen molar-refractivity contribution in [2.45, 2.75) is 93.9 Å². The fourth-order valence-corrected chi connectivity index (χ4v) is 10.2. The molecule has 0 bridgehead atoms. The van der Waals surface area contributed by atoms with Gasteiger partial charge in [0.05, 0.1) is 47.1 Å². The first-order chi connectivity index (χ1) is 35.2. The maximum Gasteiger partial charge on any atom is 0.153 e. The van der Waals surface area contributed by atoms with E-state index in [-0.39, 0.29) is 0 Å². The summed E-state index contributed by atoms with van der Waals surface area (Å²) in [6.45, 7) is 25.3. The average Bonchev–Trinajstić information content (AvgIpc) is 3.41. The van der Waals surface area contributed by atoms with Crippen LogP contribution in [0.5, 0.6) is 23.0 Å². The van der Waals surface area contributed by atoms with Crippen LogP contribution < -0.4 is 38.9 Å². The molecule has 0 aromatic heterocycles. The van der Waals surface area contributed by atoms with Crippen molar-refractivity contribution in [2.75, 3.05) is 95.0 Å². The third-order valence-corrected chi connectivity index (χ3v) is 14.2. The second-order valence-corrected chi connectivity index (χ2v) is 18.2. The summed E-state index contributed by atoms with van der Waals surface area (Å²) in [7, 11) is 0. The number of benzene rings is 4. The normalized spacial score (nSPS) is 14.4. The van der Waals surface area contributed by atoms with Gasteiger partial charge in [0.2, 0.25) is 0 Å². The lowest BCUT2D eigenvalue weighted by Crippen LogP contribution is -2.25. The van der Waals surface area contributed by atoms with Gasteiger partial charge in [0.15, 0.2) is 23.0 Å². The predicted octanol–water partition coefficient (Wildman–Crippen LogP) is 13.7. The van der Waals surface area contributed by atoms with Crippen LogP contribution in [0.3, 0.4) is 0 Å². The lowest BCUT2D eigenvalue weighted by molar-refractivity contribution is 0.199. The predicted molar refractivity (Wildman–Crippen MR) is 295 cm³/mol. The lowest BCUT2D eigenvalue weighted by Gasteiger charge is -2.37. The molecule has 72 heavy (non-hydrogen) atoms. The number of rotatable bonds is 23. The van der Waals surface area contributed by atoms with Gasteiger partial charge in [-0.15, -0.1) is 0 Å². The summed E-state index contributed by atoms with van der Waals surface area (Å²) >= 11 is 0. The molecule has 0 radical (unpaired) electrons. The molecule has 4 aliphatic rings. The van der Waals surface area contributed by atoms with Gasteiger partial charge in [0, 0.05) is 124 Å². The summed E-state index contributed by atoms with van der Waals surface area (Å²) in [5.41, 5.74) is 11.0. The summed E-state index contributed by atoms with van der Waals surface area (Å²) < 4.78 is 25.8. The first-order valence-electron chi connectivity index (χ1n) is 26.3. The molecule has 0 unspecified atom stereocenters. The van der Waals surface area contributed by atoms with Crippen LogP contribution in [0.15, 0.2) is 131 Å². The lowest BCUT2D eigenvalue weighted by atomic mass is 10.0. The molecule has 2 aliphatic carbocycles. The number of anilines is 8. The zero-order chi connectivity index (χ0) is 50.7. The molecule has 4 aromatic carbocycles. The topological polar surface area (TPSA) is 90.5 Å². The molecule has 2 aliphatic heterocycles. The Morgan fingerprint density at radius 3 is 0.986 bits per heavy atom. The van der Waals surface area contributed by atoms with E-state index in [1.54, 1.807) is 0 Å². The van der Waals surface area contributed by atoms with Crippen molar-refractivity contribution in [1.29, 1.82) is 0 Å². The van der Waals surface area contributed by atoms with E-state index in [0.29, 0.717) is 48.7 Å². The first kappa shape index (κ1) is 51.1. The molecule has 4 aromatic rings.